The Hall–Kier alpha value is -6.90. The summed E-state index contributed by atoms with van der Waals surface area (Å²) in [6.45, 7) is 0. The van der Waals surface area contributed by atoms with Gasteiger partial charge in [-0.15, -0.1) is 12.3 Å². The first-order valence-electron chi connectivity index (χ1n) is 19.3. The molecule has 0 saturated heterocycles. The van der Waals surface area contributed by atoms with Crippen LogP contribution in [0.4, 0.5) is 132 Å². The molecule has 1 aromatic heterocycles. The fourth-order valence-electron chi connectivity index (χ4n) is 7.05. The molecule has 0 atom stereocenters. The normalized spacial score (nSPS) is 11.7. The van der Waals surface area contributed by atoms with Crippen molar-refractivity contribution in [2.75, 3.05) is 0 Å². The number of halogens is 30. The van der Waals surface area contributed by atoms with Crippen molar-refractivity contribution in [2.24, 2.45) is 0 Å². The Morgan fingerprint density at radius 1 is 0.260 bits per heavy atom. The summed E-state index contributed by atoms with van der Waals surface area (Å²) in [7, 11) is 0. The highest BCUT2D eigenvalue weighted by Crippen LogP contribution is 2.27. The topological polar surface area (TPSA) is 25.8 Å². The van der Waals surface area contributed by atoms with Gasteiger partial charge in [0.2, 0.25) is 0 Å². The summed E-state index contributed by atoms with van der Waals surface area (Å²) in [6.07, 6.45) is 7.73. The average molecular weight is 1170 g/mol. The molecular formula is C43H5Al2F30N2-. The van der Waals surface area contributed by atoms with E-state index in [0.717, 1.165) is 17.7 Å². The Balaban J connectivity index is 0.000000213. The minimum absolute atomic E-state index is 0.928. The molecule has 0 saturated carbocycles. The minimum atomic E-state index is -5.96. The molecule has 404 valence electrons. The summed E-state index contributed by atoms with van der Waals surface area (Å²) in [6, 6.07) is 1.85. The van der Waals surface area contributed by atoms with E-state index in [2.05, 4.69) is 22.5 Å². The van der Waals surface area contributed by atoms with Crippen LogP contribution in [0.2, 0.25) is 0 Å². The Morgan fingerprint density at radius 3 is 0.597 bits per heavy atom. The lowest BCUT2D eigenvalue weighted by Gasteiger charge is -2.20. The van der Waals surface area contributed by atoms with Gasteiger partial charge in [0.15, 0.2) is 175 Å². The molecule has 7 aromatic rings. The van der Waals surface area contributed by atoms with Gasteiger partial charge in [-0.3, -0.25) is 5.10 Å². The molecule has 0 bridgehead atoms. The Labute approximate surface area is 412 Å². The number of benzene rings is 6. The average Bonchev–Trinajstić information content (AvgIpc) is 3.90. The minimum Gasteiger partial charge on any atom is -0.268 e. The number of nitrogens with zero attached hydrogens (tertiary/aromatic N) is 2. The SMILES string of the molecule is Fc1c(F)c(F)[c]([Al]([c]2c(F)c(F)c(F)c(F)c2F)[c]2c(F)c(F)c(F)c(F)c2F)c(F)c1F.Fc1c(F)c(F)[c]([Al]([c]2c(F)c(F)c(F)c(F)c2F)[c]2c(F)c(F)c(F)c(F)c2F)c(F)c1F.[c-]1cc2c(nn1)CC=C2. The summed E-state index contributed by atoms with van der Waals surface area (Å²) >= 11 is -11.9. The molecule has 0 fully saturated rings. The van der Waals surface area contributed by atoms with Crippen LogP contribution in [0.3, 0.4) is 0 Å². The van der Waals surface area contributed by atoms with Crippen molar-refractivity contribution >= 4 is 60.9 Å². The van der Waals surface area contributed by atoms with E-state index in [4.69, 9.17) is 0 Å². The van der Waals surface area contributed by atoms with Crippen molar-refractivity contribution < 1.29 is 132 Å². The van der Waals surface area contributed by atoms with Gasteiger partial charge in [0.05, 0.1) is 0 Å². The molecule has 1 aliphatic carbocycles. The molecule has 0 spiro atoms. The van der Waals surface area contributed by atoms with Gasteiger partial charge in [0.25, 0.3) is 0 Å². The van der Waals surface area contributed by atoms with Crippen molar-refractivity contribution in [1.29, 1.82) is 0 Å². The molecule has 0 N–H and O–H groups in total. The van der Waals surface area contributed by atoms with Crippen LogP contribution in [0.1, 0.15) is 11.3 Å². The fraction of sp³-hybridized carbons (Fsp3) is 0.0233. The summed E-state index contributed by atoms with van der Waals surface area (Å²) < 4.78 is 403. The summed E-state index contributed by atoms with van der Waals surface area (Å²) in [5.41, 5.74) is 2.22. The van der Waals surface area contributed by atoms with Crippen LogP contribution >= 0.6 is 0 Å². The molecule has 34 heteroatoms. The smallest absolute Gasteiger partial charge is 0.268 e. The molecule has 0 amide bonds. The quantitative estimate of drug-likeness (QED) is 0.0546. The molecule has 1 heterocycles. The molecule has 0 unspecified atom stereocenters. The van der Waals surface area contributed by atoms with E-state index in [-0.39, 0.29) is 0 Å². The first-order valence-corrected chi connectivity index (χ1v) is 22.7. The maximum Gasteiger partial charge on any atom is 0.413 e. The van der Waals surface area contributed by atoms with E-state index in [1.54, 1.807) is 0 Å². The van der Waals surface area contributed by atoms with Crippen molar-refractivity contribution in [3.63, 3.8) is 0 Å². The van der Waals surface area contributed by atoms with Gasteiger partial charge in [0.1, 0.15) is 0 Å². The van der Waals surface area contributed by atoms with Crippen LogP contribution in [-0.2, 0) is 6.42 Å². The molecule has 1 aliphatic rings. The molecule has 0 aliphatic heterocycles. The Kier molecular flexibility index (Phi) is 17.1. The first kappa shape index (κ1) is 59.4. The Bertz CT molecular complexity index is 2950. The van der Waals surface area contributed by atoms with Crippen molar-refractivity contribution in [3.05, 3.63) is 204 Å². The second kappa shape index (κ2) is 22.2. The van der Waals surface area contributed by atoms with Gasteiger partial charge >= 0.3 is 28.3 Å². The third-order valence-electron chi connectivity index (χ3n) is 10.6. The third-order valence-corrected chi connectivity index (χ3v) is 17.1. The lowest BCUT2D eigenvalue weighted by molar-refractivity contribution is 0.380. The third kappa shape index (κ3) is 9.81. The number of hydrogen-bond acceptors (Lipinski definition) is 2. The van der Waals surface area contributed by atoms with Crippen molar-refractivity contribution in [2.45, 2.75) is 6.42 Å². The van der Waals surface area contributed by atoms with Crippen molar-refractivity contribution in [3.8, 4) is 0 Å². The van der Waals surface area contributed by atoms with Gasteiger partial charge < -0.3 is 0 Å². The lowest BCUT2D eigenvalue weighted by Crippen LogP contribution is -2.60. The second-order valence-corrected chi connectivity index (χ2v) is 19.9. The zero-order valence-electron chi connectivity index (χ0n) is 35.3. The van der Waals surface area contributed by atoms with E-state index < -0.39 is 229 Å². The van der Waals surface area contributed by atoms with Crippen LogP contribution in [0.25, 0.3) is 6.08 Å². The van der Waals surface area contributed by atoms with E-state index in [1.165, 1.54) is 0 Å². The highest BCUT2D eigenvalue weighted by Gasteiger charge is 2.49. The van der Waals surface area contributed by atoms with Gasteiger partial charge in [0, 0.05) is 0 Å². The second-order valence-electron chi connectivity index (χ2n) is 14.7. The zero-order chi connectivity index (χ0) is 58.0. The number of rotatable bonds is 6. The van der Waals surface area contributed by atoms with E-state index >= 15 is 0 Å². The summed E-state index contributed by atoms with van der Waals surface area (Å²) in [4.78, 5) is 0. The van der Waals surface area contributed by atoms with Crippen LogP contribution in [-0.4, -0.2) is 38.5 Å². The molecule has 0 radical (unpaired) electrons. The summed E-state index contributed by atoms with van der Waals surface area (Å²) in [5, 5.41) is 7.53. The van der Waals surface area contributed by atoms with Crippen LogP contribution in [0.15, 0.2) is 12.1 Å². The highest BCUT2D eigenvalue weighted by atomic mass is 27.2. The molecule has 77 heavy (non-hydrogen) atoms. The van der Waals surface area contributed by atoms with E-state index in [0.29, 0.717) is 0 Å². The van der Waals surface area contributed by atoms with Crippen LogP contribution in [0, 0.1) is 181 Å². The lowest BCUT2D eigenvalue weighted by atomic mass is 10.3. The van der Waals surface area contributed by atoms with E-state index in [9.17, 15) is 132 Å². The van der Waals surface area contributed by atoms with Crippen LogP contribution < -0.4 is 26.6 Å². The molecule has 6 aromatic carbocycles. The largest absolute Gasteiger partial charge is 0.413 e. The predicted molar refractivity (Wildman–Crippen MR) is 200 cm³/mol. The molecular weight excluding hydrogens is 1170 g/mol. The molecule has 2 nitrogen and oxygen atoms in total. The maximum absolute atomic E-state index is 14.4. The zero-order valence-corrected chi connectivity index (χ0v) is 37.6. The monoisotopic (exact) mass is 1170 g/mol. The standard InChI is InChI=1S/C7H5N2.6C6F5.2Al/c1-2-6-4-5-8-9-7(6)3-1;6*7-2-1-3(8)5(10)6(11)4(2)9;;/h1-2,4H,3H2;;;;;;;;/q-1;;;;;;;;. The number of hydrogen-bond donors (Lipinski definition) is 0. The highest BCUT2D eigenvalue weighted by molar-refractivity contribution is 6.96. The molecule has 8 rings (SSSR count). The number of aromatic nitrogens is 2. The predicted octanol–water partition coefficient (Wildman–Crippen LogP) is 9.42. The Morgan fingerprint density at radius 2 is 0.429 bits per heavy atom. The number of allylic oxidation sites excluding steroid dienone is 1. The van der Waals surface area contributed by atoms with E-state index in [1.807, 2.05) is 12.1 Å². The number of fused-ring (bicyclic) bond motifs is 1. The van der Waals surface area contributed by atoms with Gasteiger partial charge in [-0.05, 0) is 38.7 Å². The van der Waals surface area contributed by atoms with Gasteiger partial charge in [-0.25, -0.2) is 138 Å². The summed E-state index contributed by atoms with van der Waals surface area (Å²) in [5.74, 6) is -89.2. The van der Waals surface area contributed by atoms with Crippen LogP contribution in [0.5, 0.6) is 0 Å². The maximum atomic E-state index is 14.4. The fourth-order valence-corrected chi connectivity index (χ4v) is 13.3. The van der Waals surface area contributed by atoms with Crippen molar-refractivity contribution in [1.82, 2.24) is 10.2 Å². The van der Waals surface area contributed by atoms with Gasteiger partial charge in [-0.1, -0.05) is 6.08 Å². The first-order chi connectivity index (χ1) is 35.8. The van der Waals surface area contributed by atoms with Gasteiger partial charge in [-0.2, -0.15) is 10.7 Å².